The second-order valence-electron chi connectivity index (χ2n) is 6.28. The lowest BCUT2D eigenvalue weighted by Gasteiger charge is -2.20. The Kier molecular flexibility index (Phi) is 5.62. The van der Waals surface area contributed by atoms with Crippen LogP contribution < -0.4 is 4.74 Å². The molecule has 0 aliphatic rings. The summed E-state index contributed by atoms with van der Waals surface area (Å²) in [5.41, 5.74) is 2.08. The number of rotatable bonds is 7. The zero-order valence-electron chi connectivity index (χ0n) is 14.4. The highest BCUT2D eigenvalue weighted by Gasteiger charge is 2.30. The van der Waals surface area contributed by atoms with Gasteiger partial charge in [0.15, 0.2) is 5.60 Å². The van der Waals surface area contributed by atoms with Gasteiger partial charge in [0.2, 0.25) is 0 Å². The summed E-state index contributed by atoms with van der Waals surface area (Å²) in [5, 5.41) is 19.1. The highest BCUT2D eigenvalue weighted by atomic mass is 16.5. The van der Waals surface area contributed by atoms with Crippen molar-refractivity contribution in [3.05, 3.63) is 64.7 Å². The molecule has 0 aromatic heterocycles. The Hall–Kier alpha value is -2.33. The quantitative estimate of drug-likeness (QED) is 0.816. The van der Waals surface area contributed by atoms with Crippen molar-refractivity contribution in [3.63, 3.8) is 0 Å². The molecule has 0 heterocycles. The molecule has 0 saturated carbocycles. The molecule has 2 aromatic carbocycles. The maximum absolute atomic E-state index is 11.1. The normalized spacial score (nSPS) is 13.3. The zero-order valence-corrected chi connectivity index (χ0v) is 14.4. The maximum atomic E-state index is 11.1. The van der Waals surface area contributed by atoms with Crippen molar-refractivity contribution in [2.45, 2.75) is 45.8 Å². The predicted molar refractivity (Wildman–Crippen MR) is 93.3 cm³/mol. The van der Waals surface area contributed by atoms with Gasteiger partial charge in [0.1, 0.15) is 12.4 Å². The monoisotopic (exact) mass is 328 g/mol. The molecule has 0 aliphatic heterocycles. The van der Waals surface area contributed by atoms with Gasteiger partial charge in [0.05, 0.1) is 0 Å². The van der Waals surface area contributed by atoms with Crippen LogP contribution in [0.5, 0.6) is 5.75 Å². The van der Waals surface area contributed by atoms with Crippen LogP contribution in [0.4, 0.5) is 0 Å². The van der Waals surface area contributed by atoms with Crippen LogP contribution in [0, 0.1) is 6.92 Å². The first-order valence-electron chi connectivity index (χ1n) is 8.08. The minimum absolute atomic E-state index is 0.0646. The third kappa shape index (κ3) is 4.36. The summed E-state index contributed by atoms with van der Waals surface area (Å²) in [6, 6.07) is 13.8. The number of aliphatic hydroxyl groups is 1. The predicted octanol–water partition coefficient (Wildman–Crippen LogP) is 3.51. The number of ether oxygens (including phenoxy) is 1. The number of aryl methyl sites for hydroxylation is 2. The van der Waals surface area contributed by atoms with Gasteiger partial charge in [-0.25, -0.2) is 4.79 Å². The van der Waals surface area contributed by atoms with Crippen LogP contribution in [-0.2, 0) is 24.2 Å². The van der Waals surface area contributed by atoms with Crippen LogP contribution in [0.1, 0.15) is 36.1 Å². The number of carboxylic acid groups (broad SMARTS) is 1. The molecule has 2 aromatic rings. The molecule has 4 nitrogen and oxygen atoms in total. The van der Waals surface area contributed by atoms with Crippen molar-refractivity contribution in [1.29, 1.82) is 0 Å². The van der Waals surface area contributed by atoms with E-state index in [4.69, 9.17) is 9.84 Å². The Morgan fingerprint density at radius 2 is 1.83 bits per heavy atom. The minimum Gasteiger partial charge on any atom is -0.488 e. The number of hydrogen-bond acceptors (Lipinski definition) is 3. The molecule has 0 aliphatic carbocycles. The lowest BCUT2D eigenvalue weighted by Crippen LogP contribution is -2.37. The summed E-state index contributed by atoms with van der Waals surface area (Å²) in [6.45, 7) is 5.78. The number of carbonyl (C=O) groups is 1. The fourth-order valence-corrected chi connectivity index (χ4v) is 2.70. The topological polar surface area (TPSA) is 66.8 Å². The summed E-state index contributed by atoms with van der Waals surface area (Å²) in [5.74, 6) is -0.386. The van der Waals surface area contributed by atoms with Crippen LogP contribution in [0.2, 0.25) is 0 Å². The van der Waals surface area contributed by atoms with Crippen molar-refractivity contribution < 1.29 is 19.7 Å². The van der Waals surface area contributed by atoms with Gasteiger partial charge in [-0.2, -0.15) is 0 Å². The molecule has 1 atom stereocenters. The van der Waals surface area contributed by atoms with Crippen molar-refractivity contribution in [2.75, 3.05) is 0 Å². The highest BCUT2D eigenvalue weighted by molar-refractivity contribution is 5.77. The fraction of sp³-hybridized carbons (Fsp3) is 0.350. The fourth-order valence-electron chi connectivity index (χ4n) is 2.70. The average molecular weight is 328 g/mol. The molecule has 128 valence electrons. The molecule has 2 rings (SSSR count). The van der Waals surface area contributed by atoms with E-state index in [1.165, 1.54) is 6.92 Å². The zero-order chi connectivity index (χ0) is 17.7. The van der Waals surface area contributed by atoms with Crippen LogP contribution in [-0.4, -0.2) is 21.8 Å². The molecule has 0 unspecified atom stereocenters. The Bertz CT molecular complexity index is 705. The second-order valence-corrected chi connectivity index (χ2v) is 6.28. The number of benzene rings is 2. The molecule has 24 heavy (non-hydrogen) atoms. The first kappa shape index (κ1) is 18.0. The van der Waals surface area contributed by atoms with E-state index in [1.807, 2.05) is 56.3 Å². The third-order valence-electron chi connectivity index (χ3n) is 4.03. The van der Waals surface area contributed by atoms with E-state index >= 15 is 0 Å². The molecule has 4 heteroatoms. The van der Waals surface area contributed by atoms with E-state index in [0.717, 1.165) is 34.4 Å². The van der Waals surface area contributed by atoms with Gasteiger partial charge in [0.25, 0.3) is 0 Å². The smallest absolute Gasteiger partial charge is 0.335 e. The van der Waals surface area contributed by atoms with Gasteiger partial charge in [-0.3, -0.25) is 0 Å². The van der Waals surface area contributed by atoms with Crippen LogP contribution in [0.15, 0.2) is 42.5 Å². The van der Waals surface area contributed by atoms with E-state index in [9.17, 15) is 9.90 Å². The average Bonchev–Trinajstić information content (AvgIpc) is 2.53. The van der Waals surface area contributed by atoms with Crippen LogP contribution in [0.3, 0.4) is 0 Å². The van der Waals surface area contributed by atoms with Gasteiger partial charge in [-0.1, -0.05) is 49.4 Å². The maximum Gasteiger partial charge on any atom is 0.335 e. The molecule has 0 spiro atoms. The Labute approximate surface area is 142 Å². The Balaban J connectivity index is 2.22. The number of aliphatic carboxylic acids is 1. The molecule has 0 bridgehead atoms. The van der Waals surface area contributed by atoms with Gasteiger partial charge >= 0.3 is 5.97 Å². The van der Waals surface area contributed by atoms with Crippen LogP contribution in [0.25, 0.3) is 0 Å². The third-order valence-corrected chi connectivity index (χ3v) is 4.03. The van der Waals surface area contributed by atoms with E-state index < -0.39 is 11.6 Å². The first-order chi connectivity index (χ1) is 11.3. The number of carboxylic acids is 1. The van der Waals surface area contributed by atoms with Gasteiger partial charge < -0.3 is 14.9 Å². The van der Waals surface area contributed by atoms with Crippen molar-refractivity contribution in [1.82, 2.24) is 0 Å². The van der Waals surface area contributed by atoms with Crippen LogP contribution >= 0.6 is 0 Å². The molecule has 0 saturated heterocycles. The molecular formula is C20H24O4. The highest BCUT2D eigenvalue weighted by Crippen LogP contribution is 2.28. The molecular weight excluding hydrogens is 304 g/mol. The summed E-state index contributed by atoms with van der Waals surface area (Å²) in [6.07, 6.45) is 0.836. The second kappa shape index (κ2) is 7.49. The largest absolute Gasteiger partial charge is 0.488 e. The van der Waals surface area contributed by atoms with Crippen molar-refractivity contribution in [3.8, 4) is 5.75 Å². The Morgan fingerprint density at radius 3 is 2.42 bits per heavy atom. The SMILES string of the molecule is CCc1cc(C[C@@](C)(O)C(=O)O)cc(C)c1OCc1ccccc1. The van der Waals surface area contributed by atoms with E-state index in [1.54, 1.807) is 0 Å². The van der Waals surface area contributed by atoms with Gasteiger partial charge in [-0.15, -0.1) is 0 Å². The summed E-state index contributed by atoms with van der Waals surface area (Å²) in [7, 11) is 0. The van der Waals surface area contributed by atoms with E-state index in [-0.39, 0.29) is 6.42 Å². The van der Waals surface area contributed by atoms with Crippen molar-refractivity contribution >= 4 is 5.97 Å². The molecule has 0 fully saturated rings. The molecule has 2 N–H and O–H groups in total. The van der Waals surface area contributed by atoms with Gasteiger partial charge in [0, 0.05) is 6.42 Å². The lowest BCUT2D eigenvalue weighted by molar-refractivity contribution is -0.156. The van der Waals surface area contributed by atoms with Crippen molar-refractivity contribution in [2.24, 2.45) is 0 Å². The summed E-state index contributed by atoms with van der Waals surface area (Å²) >= 11 is 0. The summed E-state index contributed by atoms with van der Waals surface area (Å²) in [4.78, 5) is 11.1. The standard InChI is InChI=1S/C20H24O4/c1-4-17-11-16(12-20(3,23)19(21)22)10-14(2)18(17)24-13-15-8-6-5-7-9-15/h5-11,23H,4,12-13H2,1-3H3,(H,21,22)/t20-/m1/s1. The van der Waals surface area contributed by atoms with E-state index in [0.29, 0.717) is 6.61 Å². The van der Waals surface area contributed by atoms with Gasteiger partial charge in [-0.05, 0) is 42.5 Å². The lowest BCUT2D eigenvalue weighted by atomic mass is 9.93. The number of hydrogen-bond donors (Lipinski definition) is 2. The minimum atomic E-state index is -1.77. The van der Waals surface area contributed by atoms with E-state index in [2.05, 4.69) is 0 Å². The Morgan fingerprint density at radius 1 is 1.17 bits per heavy atom. The molecule has 0 radical (unpaired) electrons. The summed E-state index contributed by atoms with van der Waals surface area (Å²) < 4.78 is 6.00. The first-order valence-corrected chi connectivity index (χ1v) is 8.08. The molecule has 0 amide bonds.